The van der Waals surface area contributed by atoms with Gasteiger partial charge in [0.2, 0.25) is 5.91 Å². The van der Waals surface area contributed by atoms with E-state index in [1.54, 1.807) is 0 Å². The van der Waals surface area contributed by atoms with Crippen molar-refractivity contribution in [2.75, 3.05) is 32.8 Å². The van der Waals surface area contributed by atoms with Crippen molar-refractivity contribution in [1.82, 2.24) is 10.6 Å². The molecule has 1 atom stereocenters. The van der Waals surface area contributed by atoms with Gasteiger partial charge in [-0.3, -0.25) is 4.79 Å². The van der Waals surface area contributed by atoms with Crippen molar-refractivity contribution in [3.63, 3.8) is 0 Å². The molecule has 0 aliphatic carbocycles. The summed E-state index contributed by atoms with van der Waals surface area (Å²) in [6.07, 6.45) is -0.560. The molecular formula is C10H18F2N2O2. The summed E-state index contributed by atoms with van der Waals surface area (Å²) in [6.45, 7) is 1.52. The van der Waals surface area contributed by atoms with Crippen molar-refractivity contribution in [2.24, 2.45) is 5.92 Å². The maximum atomic E-state index is 11.7. The van der Waals surface area contributed by atoms with Gasteiger partial charge in [-0.1, -0.05) is 0 Å². The first-order chi connectivity index (χ1) is 7.70. The summed E-state index contributed by atoms with van der Waals surface area (Å²) in [5, 5.41) is 5.82. The SMILES string of the molecule is O=C(NCCOCC(F)F)C1CCCNC1. The van der Waals surface area contributed by atoms with E-state index in [2.05, 4.69) is 15.4 Å². The average molecular weight is 236 g/mol. The molecule has 2 N–H and O–H groups in total. The Morgan fingerprint density at radius 1 is 1.56 bits per heavy atom. The van der Waals surface area contributed by atoms with Gasteiger partial charge in [0, 0.05) is 13.1 Å². The van der Waals surface area contributed by atoms with Gasteiger partial charge in [-0.15, -0.1) is 0 Å². The number of nitrogens with one attached hydrogen (secondary N) is 2. The number of piperidine rings is 1. The fourth-order valence-corrected chi connectivity index (χ4v) is 1.64. The topological polar surface area (TPSA) is 50.4 Å². The number of rotatable bonds is 6. The third-order valence-electron chi connectivity index (χ3n) is 2.46. The lowest BCUT2D eigenvalue weighted by atomic mass is 9.99. The van der Waals surface area contributed by atoms with Crippen LogP contribution in [0.2, 0.25) is 0 Å². The Morgan fingerprint density at radius 3 is 3.00 bits per heavy atom. The minimum absolute atomic E-state index is 0.00356. The number of carbonyl (C=O) groups excluding carboxylic acids is 1. The van der Waals surface area contributed by atoms with Gasteiger partial charge >= 0.3 is 0 Å². The summed E-state index contributed by atoms with van der Waals surface area (Å²) in [6, 6.07) is 0. The van der Waals surface area contributed by atoms with Gasteiger partial charge < -0.3 is 15.4 Å². The van der Waals surface area contributed by atoms with Crippen molar-refractivity contribution in [2.45, 2.75) is 19.3 Å². The molecule has 1 heterocycles. The molecule has 1 unspecified atom stereocenters. The highest BCUT2D eigenvalue weighted by Gasteiger charge is 2.20. The first kappa shape index (κ1) is 13.3. The second kappa shape index (κ2) is 7.51. The number of hydrogen-bond acceptors (Lipinski definition) is 3. The minimum Gasteiger partial charge on any atom is -0.374 e. The van der Waals surface area contributed by atoms with Crippen molar-refractivity contribution < 1.29 is 18.3 Å². The molecule has 1 amide bonds. The summed E-state index contributed by atoms with van der Waals surface area (Å²) in [5.41, 5.74) is 0. The van der Waals surface area contributed by atoms with Crippen LogP contribution in [-0.2, 0) is 9.53 Å². The van der Waals surface area contributed by atoms with E-state index in [0.717, 1.165) is 19.4 Å². The fraction of sp³-hybridized carbons (Fsp3) is 0.900. The molecule has 1 saturated heterocycles. The normalized spacial score (nSPS) is 21.1. The Morgan fingerprint density at radius 2 is 2.38 bits per heavy atom. The fourth-order valence-electron chi connectivity index (χ4n) is 1.64. The predicted octanol–water partition coefficient (Wildman–Crippen LogP) is 0.384. The van der Waals surface area contributed by atoms with Crippen molar-refractivity contribution in [1.29, 1.82) is 0 Å². The van der Waals surface area contributed by atoms with Crippen molar-refractivity contribution >= 4 is 5.91 Å². The molecule has 0 aromatic heterocycles. The van der Waals surface area contributed by atoms with Crippen LogP contribution in [0.25, 0.3) is 0 Å². The zero-order chi connectivity index (χ0) is 11.8. The lowest BCUT2D eigenvalue weighted by molar-refractivity contribution is -0.125. The van der Waals surface area contributed by atoms with Gasteiger partial charge in [0.15, 0.2) is 0 Å². The van der Waals surface area contributed by atoms with Crippen LogP contribution >= 0.6 is 0 Å². The summed E-state index contributed by atoms with van der Waals surface area (Å²) in [7, 11) is 0. The van der Waals surface area contributed by atoms with E-state index in [-0.39, 0.29) is 18.4 Å². The highest BCUT2D eigenvalue weighted by molar-refractivity contribution is 5.78. The van der Waals surface area contributed by atoms with E-state index in [9.17, 15) is 13.6 Å². The van der Waals surface area contributed by atoms with Gasteiger partial charge in [-0.25, -0.2) is 8.78 Å². The molecule has 94 valence electrons. The van der Waals surface area contributed by atoms with Crippen molar-refractivity contribution in [3.8, 4) is 0 Å². The smallest absolute Gasteiger partial charge is 0.261 e. The summed E-state index contributed by atoms with van der Waals surface area (Å²) in [5.74, 6) is -0.0169. The van der Waals surface area contributed by atoms with Crippen LogP contribution in [0.5, 0.6) is 0 Å². The maximum Gasteiger partial charge on any atom is 0.261 e. The molecule has 6 heteroatoms. The van der Waals surface area contributed by atoms with Crippen LogP contribution in [0, 0.1) is 5.92 Å². The highest BCUT2D eigenvalue weighted by atomic mass is 19.3. The van der Waals surface area contributed by atoms with Crippen LogP contribution in [0.3, 0.4) is 0 Å². The number of ether oxygens (including phenoxy) is 1. The van der Waals surface area contributed by atoms with Crippen LogP contribution < -0.4 is 10.6 Å². The number of hydrogen-bond donors (Lipinski definition) is 2. The lowest BCUT2D eigenvalue weighted by Crippen LogP contribution is -2.41. The quantitative estimate of drug-likeness (QED) is 0.656. The van der Waals surface area contributed by atoms with Crippen LogP contribution in [0.15, 0.2) is 0 Å². The Kier molecular flexibility index (Phi) is 6.25. The number of halogens is 2. The standard InChI is InChI=1S/C10H18F2N2O2/c11-9(12)7-16-5-4-14-10(15)8-2-1-3-13-6-8/h8-9,13H,1-7H2,(H,14,15). The van der Waals surface area contributed by atoms with E-state index in [1.165, 1.54) is 0 Å². The molecule has 0 aromatic rings. The molecule has 0 aromatic carbocycles. The van der Waals surface area contributed by atoms with Gasteiger partial charge in [-0.05, 0) is 19.4 Å². The van der Waals surface area contributed by atoms with Gasteiger partial charge in [-0.2, -0.15) is 0 Å². The zero-order valence-electron chi connectivity index (χ0n) is 9.18. The Labute approximate surface area is 93.7 Å². The highest BCUT2D eigenvalue weighted by Crippen LogP contribution is 2.09. The Bertz CT molecular complexity index is 209. The molecule has 4 nitrogen and oxygen atoms in total. The number of alkyl halides is 2. The Balaban J connectivity index is 2.01. The van der Waals surface area contributed by atoms with Crippen LogP contribution in [-0.4, -0.2) is 45.2 Å². The summed E-state index contributed by atoms with van der Waals surface area (Å²) < 4.78 is 28.0. The number of carbonyl (C=O) groups is 1. The van der Waals surface area contributed by atoms with Crippen molar-refractivity contribution in [3.05, 3.63) is 0 Å². The van der Waals surface area contributed by atoms with E-state index in [1.807, 2.05) is 0 Å². The molecule has 0 bridgehead atoms. The van der Waals surface area contributed by atoms with Crippen LogP contribution in [0.1, 0.15) is 12.8 Å². The molecule has 1 fully saturated rings. The largest absolute Gasteiger partial charge is 0.374 e. The Hall–Kier alpha value is -0.750. The van der Waals surface area contributed by atoms with Gasteiger partial charge in [0.05, 0.1) is 12.5 Å². The van der Waals surface area contributed by atoms with E-state index < -0.39 is 13.0 Å². The second-order valence-corrected chi connectivity index (χ2v) is 3.80. The zero-order valence-corrected chi connectivity index (χ0v) is 9.18. The number of amides is 1. The molecular weight excluding hydrogens is 218 g/mol. The monoisotopic (exact) mass is 236 g/mol. The molecule has 0 saturated carbocycles. The average Bonchev–Trinajstić information content (AvgIpc) is 2.29. The first-order valence-electron chi connectivity index (χ1n) is 5.54. The second-order valence-electron chi connectivity index (χ2n) is 3.80. The van der Waals surface area contributed by atoms with E-state index >= 15 is 0 Å². The molecule has 1 rings (SSSR count). The minimum atomic E-state index is -2.45. The molecule has 1 aliphatic heterocycles. The van der Waals surface area contributed by atoms with Gasteiger partial charge in [0.25, 0.3) is 6.43 Å². The summed E-state index contributed by atoms with van der Waals surface area (Å²) in [4.78, 5) is 11.5. The van der Waals surface area contributed by atoms with Crippen LogP contribution in [0.4, 0.5) is 8.78 Å². The first-order valence-corrected chi connectivity index (χ1v) is 5.54. The summed E-state index contributed by atoms with van der Waals surface area (Å²) >= 11 is 0. The van der Waals surface area contributed by atoms with E-state index in [4.69, 9.17) is 0 Å². The predicted molar refractivity (Wildman–Crippen MR) is 55.4 cm³/mol. The lowest BCUT2D eigenvalue weighted by Gasteiger charge is -2.21. The van der Waals surface area contributed by atoms with E-state index in [0.29, 0.717) is 13.1 Å². The maximum absolute atomic E-state index is 11.7. The molecule has 0 spiro atoms. The molecule has 0 radical (unpaired) electrons. The molecule has 16 heavy (non-hydrogen) atoms. The van der Waals surface area contributed by atoms with Gasteiger partial charge in [0.1, 0.15) is 6.61 Å². The third-order valence-corrected chi connectivity index (χ3v) is 2.46. The third kappa shape index (κ3) is 5.37. The molecule has 1 aliphatic rings.